The van der Waals surface area contributed by atoms with Crippen molar-refractivity contribution in [2.75, 3.05) is 0 Å². The Morgan fingerprint density at radius 1 is 0.534 bits per heavy atom. The summed E-state index contributed by atoms with van der Waals surface area (Å²) in [6, 6.07) is -9.48. The molecule has 1 heterocycles. The maximum absolute atomic E-state index is 14.3. The lowest BCUT2D eigenvalue weighted by Gasteiger charge is -2.30. The zero-order valence-corrected chi connectivity index (χ0v) is 46.0. The second-order valence-electron chi connectivity index (χ2n) is 21.7. The number of hydrogen-bond donors (Lipinski definition) is 9. The minimum absolute atomic E-state index is 0.0469. The summed E-state index contributed by atoms with van der Waals surface area (Å²) >= 11 is 0. The Hall–Kier alpha value is -5.30. The van der Waals surface area contributed by atoms with E-state index in [9.17, 15) is 53.1 Å². The number of esters is 1. The number of nitrogens with one attached hydrogen (secondary N) is 7. The van der Waals surface area contributed by atoms with Gasteiger partial charge in [0.2, 0.25) is 47.3 Å². The van der Waals surface area contributed by atoms with Crippen LogP contribution in [0.15, 0.2) is 0 Å². The molecular weight excluding hydrogens is 941 g/mol. The van der Waals surface area contributed by atoms with Gasteiger partial charge in [0.05, 0.1) is 12.8 Å². The molecule has 1 unspecified atom stereocenters. The van der Waals surface area contributed by atoms with Crippen molar-refractivity contribution in [2.24, 2.45) is 35.3 Å². The molecule has 73 heavy (non-hydrogen) atoms. The van der Waals surface area contributed by atoms with Crippen LogP contribution in [0.4, 0.5) is 0 Å². The summed E-state index contributed by atoms with van der Waals surface area (Å²) in [6.45, 7) is 19.8. The number of carboxylic acid groups (broad SMARTS) is 1. The lowest BCUT2D eigenvalue weighted by Crippen LogP contribution is -2.61. The van der Waals surface area contributed by atoms with Gasteiger partial charge in [0.25, 0.3) is 0 Å². The van der Waals surface area contributed by atoms with Crippen LogP contribution in [0.1, 0.15) is 198 Å². The van der Waals surface area contributed by atoms with E-state index in [0.29, 0.717) is 12.8 Å². The lowest BCUT2D eigenvalue weighted by atomic mass is 9.97. The molecule has 10 N–H and O–H groups in total. The molecule has 0 spiro atoms. The summed E-state index contributed by atoms with van der Waals surface area (Å²) in [4.78, 5) is 137. The maximum atomic E-state index is 14.3. The predicted molar refractivity (Wildman–Crippen MR) is 278 cm³/mol. The van der Waals surface area contributed by atoms with Crippen molar-refractivity contribution >= 4 is 59.2 Å². The third-order valence-corrected chi connectivity index (χ3v) is 13.0. The number of nitrogens with two attached hydrogens (primary N) is 1. The molecule has 0 aromatic heterocycles. The van der Waals surface area contributed by atoms with Gasteiger partial charge in [-0.1, -0.05) is 140 Å². The second-order valence-corrected chi connectivity index (χ2v) is 21.7. The van der Waals surface area contributed by atoms with E-state index in [-0.39, 0.29) is 56.3 Å². The molecule has 0 radical (unpaired) electrons. The highest BCUT2D eigenvalue weighted by atomic mass is 16.5. The Bertz CT molecular complexity index is 1790. The van der Waals surface area contributed by atoms with Crippen LogP contribution in [0.3, 0.4) is 0 Å². The van der Waals surface area contributed by atoms with E-state index in [0.717, 1.165) is 32.1 Å². The summed E-state index contributed by atoms with van der Waals surface area (Å²) in [5.74, 6) is -10.4. The molecule has 0 aliphatic carbocycles. The van der Waals surface area contributed by atoms with E-state index in [4.69, 9.17) is 10.5 Å². The number of ether oxygens (including phenoxy) is 1. The number of carboxylic acids is 1. The first kappa shape index (κ1) is 65.7. The number of aliphatic carboxylic acids is 1. The number of cyclic esters (lactones) is 1. The summed E-state index contributed by atoms with van der Waals surface area (Å²) < 4.78 is 6.08. The molecular formula is C53H94N8O12. The average Bonchev–Trinajstić information content (AvgIpc) is 3.29. The topological polar surface area (TPSA) is 310 Å². The molecule has 20 nitrogen and oxygen atoms in total. The summed E-state index contributed by atoms with van der Waals surface area (Å²) in [5.41, 5.74) is 5.50. The smallest absolute Gasteiger partial charge is 0.329 e. The summed E-state index contributed by atoms with van der Waals surface area (Å²) in [6.07, 6.45) is 8.39. The van der Waals surface area contributed by atoms with Crippen molar-refractivity contribution in [2.45, 2.75) is 247 Å². The van der Waals surface area contributed by atoms with Crippen LogP contribution in [0.5, 0.6) is 0 Å². The average molecular weight is 1040 g/mol. The Labute approximate surface area is 434 Å². The van der Waals surface area contributed by atoms with Crippen LogP contribution in [0, 0.1) is 29.6 Å². The normalized spacial score (nSPS) is 24.3. The zero-order valence-electron chi connectivity index (χ0n) is 46.0. The Balaban J connectivity index is 3.96. The second kappa shape index (κ2) is 35.0. The van der Waals surface area contributed by atoms with Gasteiger partial charge in [-0.25, -0.2) is 4.79 Å². The minimum atomic E-state index is -1.72. The predicted octanol–water partition coefficient (Wildman–Crippen LogP) is 4.59. The molecule has 0 bridgehead atoms. The standard InChI is InChI=1S/C53H94N8O12/c1-12-14-15-16-17-18-19-20-21-22-23-36-29-43(63)55-37(24-25-42(54)62)47(66)56-38(26-31(3)4)48(67)57-39(27-32(5)6)50(69)60-45(34(9)10)52(71)59-41(30-44(64)65)49(68)58-40(28-33(7)8)51(70)61-46(35(11)13-2)53(72)73-36/h31-41,45-46H,12-30H2,1-11H3,(H2,54,62)(H,55,63)(H,56,66)(H,57,67)(H,58,68)(H,59,71)(H,60,69)(H,61,70)(H,64,65)/t35-,36?,37+,38+,39+,40+,41+,45+,46+/m1/s1. The fraction of sp³-hybridized carbons (Fsp3) is 0.811. The van der Waals surface area contributed by atoms with E-state index >= 15 is 0 Å². The van der Waals surface area contributed by atoms with Crippen LogP contribution in [-0.4, -0.2) is 113 Å². The molecule has 1 fully saturated rings. The molecule has 20 heteroatoms. The van der Waals surface area contributed by atoms with Gasteiger partial charge in [0.15, 0.2) is 0 Å². The largest absolute Gasteiger partial charge is 0.481 e. The third kappa shape index (κ3) is 27.0. The van der Waals surface area contributed by atoms with Gasteiger partial charge >= 0.3 is 11.9 Å². The van der Waals surface area contributed by atoms with Gasteiger partial charge in [-0.15, -0.1) is 0 Å². The highest BCUT2D eigenvalue weighted by Gasteiger charge is 2.38. The van der Waals surface area contributed by atoms with E-state index < -0.39 is 132 Å². The zero-order chi connectivity index (χ0) is 55.4. The van der Waals surface area contributed by atoms with Gasteiger partial charge in [-0.2, -0.15) is 0 Å². The van der Waals surface area contributed by atoms with Gasteiger partial charge in [-0.05, 0) is 68.1 Å². The van der Waals surface area contributed by atoms with E-state index in [2.05, 4.69) is 44.1 Å². The molecule has 0 aromatic carbocycles. The SMILES string of the molecule is CCCCCCCCCCCCC1CC(=O)N[C@@H](CCC(N)=O)C(=O)N[C@@H](CC(C)C)C(=O)N[C@@H](CC(C)C)C(=O)N[C@@H](C(C)C)C(=O)N[C@@H](CC(=O)O)C(=O)N[C@@H](CC(C)C)C(=O)N[C@@H]([C@H](C)CC)C(=O)O1. The van der Waals surface area contributed by atoms with Crippen molar-refractivity contribution in [3.8, 4) is 0 Å². The monoisotopic (exact) mass is 1030 g/mol. The van der Waals surface area contributed by atoms with Gasteiger partial charge in [0.1, 0.15) is 48.4 Å². The molecule has 0 aromatic rings. The van der Waals surface area contributed by atoms with E-state index in [1.807, 2.05) is 34.6 Å². The first-order chi connectivity index (χ1) is 34.3. The van der Waals surface area contributed by atoms with E-state index in [1.165, 1.54) is 25.7 Å². The van der Waals surface area contributed by atoms with Gasteiger partial charge in [-0.3, -0.25) is 43.2 Å². The molecule has 0 saturated carbocycles. The van der Waals surface area contributed by atoms with Crippen LogP contribution in [0.25, 0.3) is 0 Å². The number of unbranched alkanes of at least 4 members (excludes halogenated alkanes) is 9. The third-order valence-electron chi connectivity index (χ3n) is 13.0. The molecule has 1 saturated heterocycles. The summed E-state index contributed by atoms with van der Waals surface area (Å²) in [7, 11) is 0. The van der Waals surface area contributed by atoms with Crippen LogP contribution in [-0.2, 0) is 52.7 Å². The van der Waals surface area contributed by atoms with Gasteiger partial charge < -0.3 is 52.8 Å². The maximum Gasteiger partial charge on any atom is 0.329 e. The summed E-state index contributed by atoms with van der Waals surface area (Å²) in [5, 5.41) is 28.5. The first-order valence-corrected chi connectivity index (χ1v) is 27.1. The molecule has 1 aliphatic heterocycles. The number of hydrogen-bond acceptors (Lipinski definition) is 11. The van der Waals surface area contributed by atoms with E-state index in [1.54, 1.807) is 34.6 Å². The van der Waals surface area contributed by atoms with Crippen LogP contribution < -0.4 is 43.0 Å². The highest BCUT2D eigenvalue weighted by molar-refractivity contribution is 5.98. The minimum Gasteiger partial charge on any atom is -0.481 e. The number of carbonyl (C=O) groups excluding carboxylic acids is 9. The molecule has 8 amide bonds. The number of carbonyl (C=O) groups is 10. The van der Waals surface area contributed by atoms with Crippen molar-refractivity contribution in [3.63, 3.8) is 0 Å². The molecule has 1 aliphatic rings. The highest BCUT2D eigenvalue weighted by Crippen LogP contribution is 2.19. The Morgan fingerprint density at radius 3 is 1.37 bits per heavy atom. The number of rotatable bonds is 25. The lowest BCUT2D eigenvalue weighted by molar-refractivity contribution is -0.156. The quantitative estimate of drug-likeness (QED) is 0.0448. The van der Waals surface area contributed by atoms with Crippen LogP contribution in [0.2, 0.25) is 0 Å². The fourth-order valence-electron chi connectivity index (χ4n) is 8.60. The van der Waals surface area contributed by atoms with Crippen molar-refractivity contribution in [1.29, 1.82) is 0 Å². The Kier molecular flexibility index (Phi) is 31.5. The molecule has 1 rings (SSSR count). The molecule has 418 valence electrons. The molecule has 9 atom stereocenters. The van der Waals surface area contributed by atoms with Crippen molar-refractivity contribution in [3.05, 3.63) is 0 Å². The van der Waals surface area contributed by atoms with Crippen LogP contribution >= 0.6 is 0 Å². The number of primary amides is 1. The van der Waals surface area contributed by atoms with Gasteiger partial charge in [0, 0.05) is 6.42 Å². The van der Waals surface area contributed by atoms with Crippen molar-refractivity contribution in [1.82, 2.24) is 37.2 Å². The van der Waals surface area contributed by atoms with Crippen molar-refractivity contribution < 1.29 is 57.8 Å². The Morgan fingerprint density at radius 2 is 0.945 bits per heavy atom. The first-order valence-electron chi connectivity index (χ1n) is 27.1. The number of amides is 8. The fourth-order valence-corrected chi connectivity index (χ4v) is 8.60.